The van der Waals surface area contributed by atoms with Crippen LogP contribution in [0.25, 0.3) is 0 Å². The highest BCUT2D eigenvalue weighted by Gasteiger charge is 2.33. The van der Waals surface area contributed by atoms with Crippen molar-refractivity contribution in [2.24, 2.45) is 0 Å². The Kier molecular flexibility index (Phi) is 3.58. The molecule has 0 aromatic rings. The van der Waals surface area contributed by atoms with E-state index in [1.54, 1.807) is 0 Å². The molecule has 3 atom stereocenters. The minimum absolute atomic E-state index is 0.199. The van der Waals surface area contributed by atoms with Crippen LogP contribution >= 0.6 is 0 Å². The van der Waals surface area contributed by atoms with Crippen LogP contribution in [-0.2, 0) is 9.47 Å². The first kappa shape index (κ1) is 12.6. The zero-order valence-electron chi connectivity index (χ0n) is 10.8. The highest BCUT2D eigenvalue weighted by Crippen LogP contribution is 2.19. The van der Waals surface area contributed by atoms with Crippen LogP contribution in [0.2, 0.25) is 0 Å². The summed E-state index contributed by atoms with van der Waals surface area (Å²) in [5.74, 6) is 0. The van der Waals surface area contributed by atoms with Gasteiger partial charge in [-0.2, -0.15) is 0 Å². The molecule has 2 rings (SSSR count). The number of rotatable bonds is 1. The van der Waals surface area contributed by atoms with Crippen molar-refractivity contribution in [3.63, 3.8) is 0 Å². The summed E-state index contributed by atoms with van der Waals surface area (Å²) in [5, 5.41) is 6.43. The number of fused-ring (bicyclic) bond motifs is 2. The molecular formula is C12H22N2O3. The lowest BCUT2D eigenvalue weighted by molar-refractivity contribution is 0.0100. The molecular weight excluding hydrogens is 220 g/mol. The summed E-state index contributed by atoms with van der Waals surface area (Å²) in [6, 6.07) is 0.926. The molecule has 0 saturated carbocycles. The van der Waals surface area contributed by atoms with Crippen molar-refractivity contribution in [1.29, 1.82) is 0 Å². The maximum Gasteiger partial charge on any atom is 0.407 e. The van der Waals surface area contributed by atoms with Gasteiger partial charge in [0.2, 0.25) is 0 Å². The highest BCUT2D eigenvalue weighted by atomic mass is 16.6. The smallest absolute Gasteiger partial charge is 0.407 e. The number of carbonyl (C=O) groups excluding carboxylic acids is 1. The molecule has 0 aliphatic carbocycles. The Labute approximate surface area is 102 Å². The van der Waals surface area contributed by atoms with Gasteiger partial charge in [-0.25, -0.2) is 4.79 Å². The molecule has 1 amide bonds. The quantitative estimate of drug-likeness (QED) is 0.721. The van der Waals surface area contributed by atoms with E-state index in [-0.39, 0.29) is 12.1 Å². The third-order valence-electron chi connectivity index (χ3n) is 2.97. The summed E-state index contributed by atoms with van der Waals surface area (Å²) in [6.45, 7) is 7.10. The average Bonchev–Trinajstić information content (AvgIpc) is 2.13. The van der Waals surface area contributed by atoms with Crippen molar-refractivity contribution >= 4 is 6.09 Å². The Hall–Kier alpha value is -0.810. The summed E-state index contributed by atoms with van der Waals surface area (Å²) < 4.78 is 10.7. The molecule has 2 heterocycles. The molecule has 0 radical (unpaired) electrons. The van der Waals surface area contributed by atoms with Crippen LogP contribution in [0, 0.1) is 0 Å². The maximum atomic E-state index is 11.7. The Bertz CT molecular complexity index is 276. The van der Waals surface area contributed by atoms with Crippen molar-refractivity contribution in [3.05, 3.63) is 0 Å². The molecule has 0 aromatic heterocycles. The molecule has 5 heteroatoms. The van der Waals surface area contributed by atoms with Gasteiger partial charge in [0.05, 0.1) is 13.2 Å². The molecule has 2 N–H and O–H groups in total. The van der Waals surface area contributed by atoms with Gasteiger partial charge in [0.25, 0.3) is 0 Å². The van der Waals surface area contributed by atoms with E-state index < -0.39 is 5.60 Å². The monoisotopic (exact) mass is 242 g/mol. The number of amides is 1. The normalized spacial score (nSPS) is 33.0. The predicted molar refractivity (Wildman–Crippen MR) is 63.9 cm³/mol. The topological polar surface area (TPSA) is 59.6 Å². The second-order valence-corrected chi connectivity index (χ2v) is 5.91. The molecule has 98 valence electrons. The number of alkyl carbamates (subject to hydrolysis) is 1. The van der Waals surface area contributed by atoms with Gasteiger partial charge in [-0.3, -0.25) is 0 Å². The Morgan fingerprint density at radius 3 is 2.41 bits per heavy atom. The molecule has 2 saturated heterocycles. The fourth-order valence-electron chi connectivity index (χ4n) is 2.43. The van der Waals surface area contributed by atoms with E-state index in [1.807, 2.05) is 20.8 Å². The molecule has 0 unspecified atom stereocenters. The largest absolute Gasteiger partial charge is 0.444 e. The predicted octanol–water partition coefficient (Wildman–Crippen LogP) is 1.03. The van der Waals surface area contributed by atoms with Gasteiger partial charge in [-0.05, 0) is 33.6 Å². The van der Waals surface area contributed by atoms with Crippen molar-refractivity contribution in [2.75, 3.05) is 13.2 Å². The standard InChI is InChI=1S/C12H22N2O3/c1-12(2,3)17-11(15)14-8-4-9-6-16-7-10(5-8)13-9/h8-10,13H,4-7H2,1-3H3,(H,14,15)/t8-,9+,10-. The molecule has 2 aliphatic heterocycles. The second kappa shape index (κ2) is 4.82. The van der Waals surface area contributed by atoms with Crippen LogP contribution in [0.4, 0.5) is 4.79 Å². The minimum atomic E-state index is -0.435. The summed E-state index contributed by atoms with van der Waals surface area (Å²) in [5.41, 5.74) is -0.435. The van der Waals surface area contributed by atoms with E-state index in [2.05, 4.69) is 10.6 Å². The molecule has 0 spiro atoms. The lowest BCUT2D eigenvalue weighted by atomic mass is 9.93. The number of nitrogens with one attached hydrogen (secondary N) is 2. The van der Waals surface area contributed by atoms with Crippen molar-refractivity contribution in [2.45, 2.75) is 57.3 Å². The minimum Gasteiger partial charge on any atom is -0.444 e. The van der Waals surface area contributed by atoms with Gasteiger partial charge in [-0.1, -0.05) is 0 Å². The lowest BCUT2D eigenvalue weighted by Crippen LogP contribution is -2.58. The molecule has 5 nitrogen and oxygen atoms in total. The third kappa shape index (κ3) is 3.85. The third-order valence-corrected chi connectivity index (χ3v) is 2.97. The van der Waals surface area contributed by atoms with Crippen LogP contribution in [-0.4, -0.2) is 43.0 Å². The van der Waals surface area contributed by atoms with Crippen LogP contribution in [0.3, 0.4) is 0 Å². The molecule has 17 heavy (non-hydrogen) atoms. The number of morpholine rings is 1. The van der Waals surface area contributed by atoms with Crippen LogP contribution in [0.15, 0.2) is 0 Å². The molecule has 0 aromatic carbocycles. The van der Waals surface area contributed by atoms with E-state index in [1.165, 1.54) is 0 Å². The van der Waals surface area contributed by atoms with Crippen LogP contribution in [0.1, 0.15) is 33.6 Å². The fraction of sp³-hybridized carbons (Fsp3) is 0.917. The van der Waals surface area contributed by atoms with E-state index >= 15 is 0 Å². The molecule has 2 fully saturated rings. The van der Waals surface area contributed by atoms with Crippen LogP contribution in [0.5, 0.6) is 0 Å². The van der Waals surface area contributed by atoms with Crippen molar-refractivity contribution < 1.29 is 14.3 Å². The van der Waals surface area contributed by atoms with E-state index in [4.69, 9.17) is 9.47 Å². The van der Waals surface area contributed by atoms with Gasteiger partial charge in [0.15, 0.2) is 0 Å². The number of hydrogen-bond donors (Lipinski definition) is 2. The molecule has 2 aliphatic rings. The zero-order chi connectivity index (χ0) is 12.5. The highest BCUT2D eigenvalue weighted by molar-refractivity contribution is 5.68. The van der Waals surface area contributed by atoms with Crippen molar-refractivity contribution in [1.82, 2.24) is 10.6 Å². The maximum absolute atomic E-state index is 11.7. The van der Waals surface area contributed by atoms with E-state index in [9.17, 15) is 4.79 Å². The summed E-state index contributed by atoms with van der Waals surface area (Å²) in [4.78, 5) is 11.7. The first-order chi connectivity index (χ1) is 7.92. The van der Waals surface area contributed by atoms with Gasteiger partial charge in [0.1, 0.15) is 5.60 Å². The summed E-state index contributed by atoms with van der Waals surface area (Å²) >= 11 is 0. The zero-order valence-corrected chi connectivity index (χ0v) is 10.8. The second-order valence-electron chi connectivity index (χ2n) is 5.91. The Morgan fingerprint density at radius 1 is 1.29 bits per heavy atom. The number of piperidine rings is 1. The van der Waals surface area contributed by atoms with Gasteiger partial charge < -0.3 is 20.1 Å². The fourth-order valence-corrected chi connectivity index (χ4v) is 2.43. The van der Waals surface area contributed by atoms with Gasteiger partial charge >= 0.3 is 6.09 Å². The van der Waals surface area contributed by atoms with Gasteiger partial charge in [0, 0.05) is 18.1 Å². The number of hydrogen-bond acceptors (Lipinski definition) is 4. The summed E-state index contributed by atoms with van der Waals surface area (Å²) in [6.07, 6.45) is 1.51. The first-order valence-corrected chi connectivity index (χ1v) is 6.26. The van der Waals surface area contributed by atoms with E-state index in [0.29, 0.717) is 12.1 Å². The SMILES string of the molecule is CC(C)(C)OC(=O)N[C@@H]1C[C@H]2COC[C@@H](C1)N2. The number of carbonyl (C=O) groups is 1. The number of ether oxygens (including phenoxy) is 2. The Balaban J connectivity index is 1.81. The van der Waals surface area contributed by atoms with E-state index in [0.717, 1.165) is 26.1 Å². The molecule has 2 bridgehead atoms. The lowest BCUT2D eigenvalue weighted by Gasteiger charge is -2.40. The average molecular weight is 242 g/mol. The van der Waals surface area contributed by atoms with Crippen LogP contribution < -0.4 is 10.6 Å². The Morgan fingerprint density at radius 2 is 1.88 bits per heavy atom. The summed E-state index contributed by atoms with van der Waals surface area (Å²) in [7, 11) is 0. The van der Waals surface area contributed by atoms with Gasteiger partial charge in [-0.15, -0.1) is 0 Å². The first-order valence-electron chi connectivity index (χ1n) is 6.26. The van der Waals surface area contributed by atoms with Crippen molar-refractivity contribution in [3.8, 4) is 0 Å².